The summed E-state index contributed by atoms with van der Waals surface area (Å²) >= 11 is 2.90. The van der Waals surface area contributed by atoms with Gasteiger partial charge in [-0.15, -0.1) is 11.3 Å². The molecule has 0 amide bonds. The summed E-state index contributed by atoms with van der Waals surface area (Å²) in [5.74, 6) is 0.732. The van der Waals surface area contributed by atoms with Crippen molar-refractivity contribution in [1.29, 1.82) is 0 Å². The van der Waals surface area contributed by atoms with Crippen LogP contribution in [0.1, 0.15) is 13.3 Å². The molecule has 0 radical (unpaired) electrons. The molecule has 0 atom stereocenters. The van der Waals surface area contributed by atoms with Gasteiger partial charge in [0.05, 0.1) is 42.2 Å². The van der Waals surface area contributed by atoms with Gasteiger partial charge >= 0.3 is 5.97 Å². The lowest BCUT2D eigenvalue weighted by Crippen LogP contribution is -2.12. The number of benzene rings is 1. The Labute approximate surface area is 189 Å². The highest BCUT2D eigenvalue weighted by Gasteiger charge is 2.14. The van der Waals surface area contributed by atoms with Crippen molar-refractivity contribution < 1.29 is 23.8 Å². The maximum absolute atomic E-state index is 12.1. The number of methoxy groups -OCH3 is 2. The van der Waals surface area contributed by atoms with E-state index in [1.165, 1.54) is 11.8 Å². The normalized spacial score (nSPS) is 10.5. The number of ketones is 1. The SMILES string of the molecule is CCOC(=O)CC(=O)CSc1cc(-c2ccc(OC)c(OC)c2)cc(-c2cccs2)n1. The van der Waals surface area contributed by atoms with E-state index in [1.807, 2.05) is 47.8 Å². The fraction of sp³-hybridized carbons (Fsp3) is 0.261. The molecule has 2 heterocycles. The molecule has 3 rings (SSSR count). The molecule has 1 aromatic carbocycles. The monoisotopic (exact) mass is 457 g/mol. The van der Waals surface area contributed by atoms with Crippen LogP contribution in [0, 0.1) is 0 Å². The van der Waals surface area contributed by atoms with E-state index in [0.29, 0.717) is 16.5 Å². The molecule has 2 aromatic heterocycles. The van der Waals surface area contributed by atoms with Crippen molar-refractivity contribution in [1.82, 2.24) is 4.98 Å². The zero-order valence-corrected chi connectivity index (χ0v) is 19.2. The highest BCUT2D eigenvalue weighted by Crippen LogP contribution is 2.36. The topological polar surface area (TPSA) is 74.7 Å². The smallest absolute Gasteiger partial charge is 0.313 e. The van der Waals surface area contributed by atoms with Crippen LogP contribution >= 0.6 is 23.1 Å². The molecule has 0 bridgehead atoms. The first-order chi connectivity index (χ1) is 15.0. The molecule has 31 heavy (non-hydrogen) atoms. The third kappa shape index (κ3) is 6.08. The lowest BCUT2D eigenvalue weighted by molar-refractivity contribution is -0.145. The fourth-order valence-corrected chi connectivity index (χ4v) is 4.36. The molecule has 0 aliphatic rings. The van der Waals surface area contributed by atoms with Gasteiger partial charge in [0.15, 0.2) is 17.3 Å². The minimum absolute atomic E-state index is 0.144. The number of Topliss-reactive ketones (excluding diaryl/α,β-unsaturated/α-hetero) is 1. The lowest BCUT2D eigenvalue weighted by Gasteiger charge is -2.12. The zero-order chi connectivity index (χ0) is 22.2. The van der Waals surface area contributed by atoms with Crippen molar-refractivity contribution in [2.75, 3.05) is 26.6 Å². The Bertz CT molecular complexity index is 1050. The van der Waals surface area contributed by atoms with Crippen molar-refractivity contribution in [3.05, 3.63) is 47.8 Å². The summed E-state index contributed by atoms with van der Waals surface area (Å²) in [6.45, 7) is 1.98. The van der Waals surface area contributed by atoms with Gasteiger partial charge in [0, 0.05) is 0 Å². The van der Waals surface area contributed by atoms with Crippen LogP contribution in [0.3, 0.4) is 0 Å². The number of nitrogens with zero attached hydrogens (tertiary/aromatic N) is 1. The first-order valence-corrected chi connectivity index (χ1v) is 11.5. The number of esters is 1. The van der Waals surface area contributed by atoms with Crippen LogP contribution in [-0.4, -0.2) is 43.3 Å². The maximum atomic E-state index is 12.1. The minimum atomic E-state index is -0.501. The van der Waals surface area contributed by atoms with Gasteiger partial charge in [-0.2, -0.15) is 0 Å². The lowest BCUT2D eigenvalue weighted by atomic mass is 10.0. The standard InChI is InChI=1S/C23H23NO5S2/c1-4-29-23(26)13-17(25)14-31-22-12-16(10-18(24-22)21-6-5-9-30-21)15-7-8-19(27-2)20(11-15)28-3/h5-12H,4,13-14H2,1-3H3. The summed E-state index contributed by atoms with van der Waals surface area (Å²) in [6.07, 6.45) is -0.228. The highest BCUT2D eigenvalue weighted by molar-refractivity contribution is 7.99. The van der Waals surface area contributed by atoms with E-state index in [-0.39, 0.29) is 24.6 Å². The number of thiophene rings is 1. The van der Waals surface area contributed by atoms with Crippen LogP contribution in [0.5, 0.6) is 11.5 Å². The van der Waals surface area contributed by atoms with Gasteiger partial charge < -0.3 is 14.2 Å². The summed E-state index contributed by atoms with van der Waals surface area (Å²) in [6, 6.07) is 13.6. The number of pyridine rings is 1. The second kappa shape index (κ2) is 11.0. The Morgan fingerprint density at radius 1 is 1.03 bits per heavy atom. The Hall–Kier alpha value is -2.84. The average molecular weight is 458 g/mol. The molecule has 162 valence electrons. The van der Waals surface area contributed by atoms with Crippen molar-refractivity contribution in [2.24, 2.45) is 0 Å². The molecule has 0 spiro atoms. The number of hydrogen-bond acceptors (Lipinski definition) is 8. The number of ether oxygens (including phenoxy) is 3. The van der Waals surface area contributed by atoms with Crippen molar-refractivity contribution >= 4 is 34.9 Å². The predicted molar refractivity (Wildman–Crippen MR) is 123 cm³/mol. The third-order valence-electron chi connectivity index (χ3n) is 4.32. The molecule has 0 unspecified atom stereocenters. The Morgan fingerprint density at radius 3 is 2.52 bits per heavy atom. The van der Waals surface area contributed by atoms with E-state index in [1.54, 1.807) is 32.5 Å². The van der Waals surface area contributed by atoms with Gasteiger partial charge in [0.1, 0.15) is 6.42 Å². The van der Waals surface area contributed by atoms with Crippen molar-refractivity contribution in [2.45, 2.75) is 18.4 Å². The number of hydrogen-bond donors (Lipinski definition) is 0. The minimum Gasteiger partial charge on any atom is -0.493 e. The summed E-state index contributed by atoms with van der Waals surface area (Å²) < 4.78 is 15.6. The van der Waals surface area contributed by atoms with Crippen LogP contribution in [0.15, 0.2) is 52.9 Å². The first-order valence-electron chi connectivity index (χ1n) is 9.62. The Balaban J connectivity index is 1.89. The molecule has 0 aliphatic heterocycles. The summed E-state index contributed by atoms with van der Waals surface area (Å²) in [4.78, 5) is 29.4. The van der Waals surface area contributed by atoms with Gasteiger partial charge in [0.2, 0.25) is 0 Å². The van der Waals surface area contributed by atoms with E-state index in [0.717, 1.165) is 21.7 Å². The van der Waals surface area contributed by atoms with Gasteiger partial charge in [-0.25, -0.2) is 4.98 Å². The van der Waals surface area contributed by atoms with Crippen LogP contribution in [-0.2, 0) is 14.3 Å². The maximum Gasteiger partial charge on any atom is 0.313 e. The number of thioether (sulfide) groups is 1. The van der Waals surface area contributed by atoms with Gasteiger partial charge in [-0.1, -0.05) is 23.9 Å². The number of aromatic nitrogens is 1. The largest absolute Gasteiger partial charge is 0.493 e. The van der Waals surface area contributed by atoms with Crippen LogP contribution in [0.2, 0.25) is 0 Å². The molecule has 0 saturated carbocycles. The quantitative estimate of drug-likeness (QED) is 0.238. The molecule has 0 fully saturated rings. The highest BCUT2D eigenvalue weighted by atomic mass is 32.2. The van der Waals surface area contributed by atoms with Gasteiger partial charge in [-0.3, -0.25) is 9.59 Å². The molecule has 8 heteroatoms. The van der Waals surface area contributed by atoms with Crippen LogP contribution in [0.25, 0.3) is 21.7 Å². The second-order valence-corrected chi connectivity index (χ2v) is 8.38. The second-order valence-electron chi connectivity index (χ2n) is 6.44. The number of carbonyl (C=O) groups excluding carboxylic acids is 2. The Morgan fingerprint density at radius 2 is 1.84 bits per heavy atom. The van der Waals surface area contributed by atoms with E-state index in [9.17, 15) is 9.59 Å². The third-order valence-corrected chi connectivity index (χ3v) is 6.18. The van der Waals surface area contributed by atoms with E-state index in [2.05, 4.69) is 0 Å². The first kappa shape index (κ1) is 22.8. The number of rotatable bonds is 10. The van der Waals surface area contributed by atoms with Crippen LogP contribution < -0.4 is 9.47 Å². The summed E-state index contributed by atoms with van der Waals surface area (Å²) in [7, 11) is 3.20. The molecule has 0 saturated heterocycles. The molecular formula is C23H23NO5S2. The van der Waals surface area contributed by atoms with E-state index in [4.69, 9.17) is 19.2 Å². The molecular weight excluding hydrogens is 434 g/mol. The van der Waals surface area contributed by atoms with E-state index < -0.39 is 5.97 Å². The van der Waals surface area contributed by atoms with E-state index >= 15 is 0 Å². The molecule has 0 N–H and O–H groups in total. The Kier molecular flexibility index (Phi) is 8.08. The van der Waals surface area contributed by atoms with Crippen molar-refractivity contribution in [3.63, 3.8) is 0 Å². The van der Waals surface area contributed by atoms with Gasteiger partial charge in [0.25, 0.3) is 0 Å². The van der Waals surface area contributed by atoms with Crippen LogP contribution in [0.4, 0.5) is 0 Å². The molecule has 6 nitrogen and oxygen atoms in total. The fourth-order valence-electron chi connectivity index (χ4n) is 2.89. The summed E-state index contributed by atoms with van der Waals surface area (Å²) in [5, 5.41) is 2.70. The summed E-state index contributed by atoms with van der Waals surface area (Å²) in [5.41, 5.74) is 2.71. The van der Waals surface area contributed by atoms with Gasteiger partial charge in [-0.05, 0) is 53.8 Å². The predicted octanol–water partition coefficient (Wildman–Crippen LogP) is 5.11. The number of carbonyl (C=O) groups is 2. The van der Waals surface area contributed by atoms with Crippen molar-refractivity contribution in [3.8, 4) is 33.2 Å². The molecule has 0 aliphatic carbocycles. The zero-order valence-electron chi connectivity index (χ0n) is 17.5. The average Bonchev–Trinajstić information content (AvgIpc) is 3.32. The molecule has 3 aromatic rings.